The van der Waals surface area contributed by atoms with Gasteiger partial charge in [0, 0.05) is 25.7 Å². The molecular formula is C18H24N4O2. The molecule has 2 aromatic rings. The van der Waals surface area contributed by atoms with Crippen molar-refractivity contribution in [2.45, 2.75) is 32.4 Å². The fraction of sp³-hybridized carbons (Fsp3) is 0.500. The molecule has 3 rings (SSSR count). The molecule has 6 nitrogen and oxygen atoms in total. The van der Waals surface area contributed by atoms with Gasteiger partial charge in [-0.25, -0.2) is 9.97 Å². The highest BCUT2D eigenvalue weighted by molar-refractivity contribution is 5.74. The molecule has 1 aliphatic heterocycles. The first-order valence-electron chi connectivity index (χ1n) is 8.39. The molecule has 0 unspecified atom stereocenters. The molecule has 6 heteroatoms. The van der Waals surface area contributed by atoms with Crippen LogP contribution >= 0.6 is 0 Å². The topological polar surface area (TPSA) is 69.6 Å². The van der Waals surface area contributed by atoms with Crippen LogP contribution in [0.1, 0.15) is 24.2 Å². The summed E-state index contributed by atoms with van der Waals surface area (Å²) >= 11 is 0. The van der Waals surface area contributed by atoms with Crippen LogP contribution in [0.2, 0.25) is 0 Å². The maximum absolute atomic E-state index is 10.8. The molecule has 0 atom stereocenters. The Kier molecular flexibility index (Phi) is 5.06. The smallest absolute Gasteiger partial charge is 0.317 e. The van der Waals surface area contributed by atoms with Crippen LogP contribution in [0.4, 0.5) is 0 Å². The highest BCUT2D eigenvalue weighted by Gasteiger charge is 2.24. The molecule has 0 spiro atoms. The summed E-state index contributed by atoms with van der Waals surface area (Å²) in [4.78, 5) is 24.6. The predicted molar refractivity (Wildman–Crippen MR) is 92.8 cm³/mol. The molecule has 1 fully saturated rings. The molecule has 1 saturated heterocycles. The van der Waals surface area contributed by atoms with Gasteiger partial charge in [0.25, 0.3) is 0 Å². The van der Waals surface area contributed by atoms with Crippen LogP contribution in [-0.4, -0.2) is 63.6 Å². The number of hydrogen-bond donors (Lipinski definition) is 1. The van der Waals surface area contributed by atoms with E-state index in [2.05, 4.69) is 9.88 Å². The third kappa shape index (κ3) is 3.88. The lowest BCUT2D eigenvalue weighted by atomic mass is 10.0. The Morgan fingerprint density at radius 1 is 1.25 bits per heavy atom. The zero-order chi connectivity index (χ0) is 17.1. The number of likely N-dealkylation sites (N-methyl/N-ethyl adjacent to an activating group) is 1. The number of para-hydroxylation sites is 2. The third-order valence-electron chi connectivity index (χ3n) is 4.78. The lowest BCUT2D eigenvalue weighted by Crippen LogP contribution is -2.44. The van der Waals surface area contributed by atoms with E-state index in [1.165, 1.54) is 0 Å². The summed E-state index contributed by atoms with van der Waals surface area (Å²) in [5, 5.41) is 8.91. The van der Waals surface area contributed by atoms with Crippen molar-refractivity contribution in [1.82, 2.24) is 19.8 Å². The second-order valence-corrected chi connectivity index (χ2v) is 6.56. The van der Waals surface area contributed by atoms with E-state index in [4.69, 9.17) is 10.1 Å². The Balaban J connectivity index is 1.62. The normalized spacial score (nSPS) is 16.8. The SMILES string of the molecule is Cc1nc2ccccc2nc1CN1CCC(N(C)CC(=O)O)CC1. The van der Waals surface area contributed by atoms with Gasteiger partial charge in [0.05, 0.1) is 29.0 Å². The van der Waals surface area contributed by atoms with E-state index in [-0.39, 0.29) is 6.54 Å². The molecule has 0 saturated carbocycles. The van der Waals surface area contributed by atoms with Crippen LogP contribution in [0.25, 0.3) is 11.0 Å². The molecule has 2 heterocycles. The van der Waals surface area contributed by atoms with Crippen LogP contribution in [0.15, 0.2) is 24.3 Å². The van der Waals surface area contributed by atoms with Crippen molar-refractivity contribution in [1.29, 1.82) is 0 Å². The Morgan fingerprint density at radius 2 is 1.88 bits per heavy atom. The number of benzene rings is 1. The number of hydrogen-bond acceptors (Lipinski definition) is 5. The number of carboxylic acids is 1. The van der Waals surface area contributed by atoms with Crippen molar-refractivity contribution in [2.24, 2.45) is 0 Å². The maximum Gasteiger partial charge on any atom is 0.317 e. The second kappa shape index (κ2) is 7.23. The van der Waals surface area contributed by atoms with Gasteiger partial charge in [0.2, 0.25) is 0 Å². The molecule has 0 aliphatic carbocycles. The van der Waals surface area contributed by atoms with E-state index in [9.17, 15) is 4.79 Å². The molecule has 1 aromatic heterocycles. The van der Waals surface area contributed by atoms with Gasteiger partial charge in [-0.2, -0.15) is 0 Å². The van der Waals surface area contributed by atoms with Gasteiger partial charge in [0.15, 0.2) is 0 Å². The zero-order valence-electron chi connectivity index (χ0n) is 14.3. The third-order valence-corrected chi connectivity index (χ3v) is 4.78. The molecule has 0 amide bonds. The second-order valence-electron chi connectivity index (χ2n) is 6.56. The van der Waals surface area contributed by atoms with Crippen molar-refractivity contribution in [2.75, 3.05) is 26.7 Å². The monoisotopic (exact) mass is 328 g/mol. The number of likely N-dealkylation sites (tertiary alicyclic amines) is 1. The number of carbonyl (C=O) groups is 1. The molecule has 0 radical (unpaired) electrons. The molecule has 1 aliphatic rings. The first-order valence-corrected chi connectivity index (χ1v) is 8.39. The number of carboxylic acid groups (broad SMARTS) is 1. The molecule has 24 heavy (non-hydrogen) atoms. The quantitative estimate of drug-likeness (QED) is 0.904. The summed E-state index contributed by atoms with van der Waals surface area (Å²) in [5.41, 5.74) is 3.90. The van der Waals surface area contributed by atoms with Crippen LogP contribution in [0.5, 0.6) is 0 Å². The number of aromatic nitrogens is 2. The number of aryl methyl sites for hydroxylation is 1. The van der Waals surface area contributed by atoms with Crippen molar-refractivity contribution in [3.8, 4) is 0 Å². The lowest BCUT2D eigenvalue weighted by Gasteiger charge is -2.36. The minimum absolute atomic E-state index is 0.111. The summed E-state index contributed by atoms with van der Waals surface area (Å²) < 4.78 is 0. The Labute approximate surface area is 142 Å². The minimum atomic E-state index is -0.762. The van der Waals surface area contributed by atoms with Crippen LogP contribution in [0.3, 0.4) is 0 Å². The van der Waals surface area contributed by atoms with E-state index in [1.54, 1.807) is 0 Å². The van der Waals surface area contributed by atoms with E-state index < -0.39 is 5.97 Å². The van der Waals surface area contributed by atoms with Crippen molar-refractivity contribution in [3.05, 3.63) is 35.7 Å². The zero-order valence-corrected chi connectivity index (χ0v) is 14.3. The van der Waals surface area contributed by atoms with Crippen LogP contribution in [0, 0.1) is 6.92 Å². The van der Waals surface area contributed by atoms with Crippen LogP contribution < -0.4 is 0 Å². The first kappa shape index (κ1) is 16.8. The lowest BCUT2D eigenvalue weighted by molar-refractivity contribution is -0.138. The van der Waals surface area contributed by atoms with Gasteiger partial charge >= 0.3 is 5.97 Å². The van der Waals surface area contributed by atoms with E-state index in [0.717, 1.165) is 54.9 Å². The maximum atomic E-state index is 10.8. The average Bonchev–Trinajstić information content (AvgIpc) is 2.55. The number of aliphatic carboxylic acids is 1. The van der Waals surface area contributed by atoms with Gasteiger partial charge in [0.1, 0.15) is 0 Å². The summed E-state index contributed by atoms with van der Waals surface area (Å²) in [6.45, 7) is 4.85. The Bertz CT molecular complexity index is 726. The Hall–Kier alpha value is -2.05. The molecule has 1 N–H and O–H groups in total. The molecular weight excluding hydrogens is 304 g/mol. The van der Waals surface area contributed by atoms with Gasteiger partial charge < -0.3 is 5.11 Å². The van der Waals surface area contributed by atoms with Gasteiger partial charge in [-0.1, -0.05) is 12.1 Å². The minimum Gasteiger partial charge on any atom is -0.480 e. The first-order chi connectivity index (χ1) is 11.5. The summed E-state index contributed by atoms with van der Waals surface area (Å²) in [5.74, 6) is -0.762. The van der Waals surface area contributed by atoms with Crippen molar-refractivity contribution >= 4 is 17.0 Å². The molecule has 1 aromatic carbocycles. The summed E-state index contributed by atoms with van der Waals surface area (Å²) in [7, 11) is 1.90. The molecule has 128 valence electrons. The van der Waals surface area contributed by atoms with E-state index in [1.807, 2.05) is 43.1 Å². The van der Waals surface area contributed by atoms with Gasteiger partial charge in [-0.05, 0) is 38.9 Å². The fourth-order valence-corrected chi connectivity index (χ4v) is 3.35. The summed E-state index contributed by atoms with van der Waals surface area (Å²) in [6, 6.07) is 8.30. The van der Waals surface area contributed by atoms with Crippen LogP contribution in [-0.2, 0) is 11.3 Å². The van der Waals surface area contributed by atoms with Gasteiger partial charge in [-0.15, -0.1) is 0 Å². The standard InChI is InChI=1S/C18H24N4O2/c1-13-17(20-16-6-4-3-5-15(16)19-13)11-22-9-7-14(8-10-22)21(2)12-18(23)24/h3-6,14H,7-12H2,1-2H3,(H,23,24). The Morgan fingerprint density at radius 3 is 2.50 bits per heavy atom. The molecule has 0 bridgehead atoms. The largest absolute Gasteiger partial charge is 0.480 e. The van der Waals surface area contributed by atoms with Gasteiger partial charge in [-0.3, -0.25) is 14.6 Å². The number of nitrogens with zero attached hydrogens (tertiary/aromatic N) is 4. The number of rotatable bonds is 5. The predicted octanol–water partition coefficient (Wildman–Crippen LogP) is 1.92. The average molecular weight is 328 g/mol. The number of fused-ring (bicyclic) bond motifs is 1. The van der Waals surface area contributed by atoms with Crippen molar-refractivity contribution in [3.63, 3.8) is 0 Å². The van der Waals surface area contributed by atoms with E-state index >= 15 is 0 Å². The van der Waals surface area contributed by atoms with Crippen molar-refractivity contribution < 1.29 is 9.90 Å². The van der Waals surface area contributed by atoms with E-state index in [0.29, 0.717) is 6.04 Å². The summed E-state index contributed by atoms with van der Waals surface area (Å²) in [6.07, 6.45) is 1.98. The highest BCUT2D eigenvalue weighted by Crippen LogP contribution is 2.19. The number of piperidine rings is 1. The fourth-order valence-electron chi connectivity index (χ4n) is 3.35. The highest BCUT2D eigenvalue weighted by atomic mass is 16.4.